The number of rotatable bonds is 7. The molecule has 0 heterocycles. The van der Waals surface area contributed by atoms with Crippen LogP contribution in [0.1, 0.15) is 28.9 Å². The molecule has 0 spiro atoms. The third kappa shape index (κ3) is 4.51. The molecule has 1 N–H and O–H groups in total. The molecule has 0 bridgehead atoms. The monoisotopic (exact) mass is 391 g/mol. The van der Waals surface area contributed by atoms with Gasteiger partial charge in [0.15, 0.2) is 11.5 Å². The van der Waals surface area contributed by atoms with Gasteiger partial charge in [-0.05, 0) is 35.7 Å². The summed E-state index contributed by atoms with van der Waals surface area (Å²) in [6.45, 7) is 1.95. The Kier molecular flexibility index (Phi) is 6.39. The van der Waals surface area contributed by atoms with E-state index in [1.165, 1.54) is 21.3 Å². The van der Waals surface area contributed by atoms with Gasteiger partial charge in [-0.1, -0.05) is 54.6 Å². The Morgan fingerprint density at radius 2 is 1.34 bits per heavy atom. The fourth-order valence-electron chi connectivity index (χ4n) is 3.17. The SMILES string of the molecule is COc1cc(C(=O)NC(C)c2ccc(-c3ccccc3)cc2)cc(OC)c1OC. The van der Waals surface area contributed by atoms with Crippen molar-refractivity contribution in [3.63, 3.8) is 0 Å². The van der Waals surface area contributed by atoms with Gasteiger partial charge >= 0.3 is 0 Å². The number of carbonyl (C=O) groups is 1. The minimum absolute atomic E-state index is 0.161. The molecular formula is C24H25NO4. The number of carbonyl (C=O) groups excluding carboxylic acids is 1. The quantitative estimate of drug-likeness (QED) is 0.624. The maximum absolute atomic E-state index is 12.8. The topological polar surface area (TPSA) is 56.8 Å². The Morgan fingerprint density at radius 3 is 1.86 bits per heavy atom. The highest BCUT2D eigenvalue weighted by atomic mass is 16.5. The van der Waals surface area contributed by atoms with Gasteiger partial charge < -0.3 is 19.5 Å². The summed E-state index contributed by atoms with van der Waals surface area (Å²) in [5.74, 6) is 1.12. The molecule has 0 saturated carbocycles. The lowest BCUT2D eigenvalue weighted by atomic mass is 10.0. The van der Waals surface area contributed by atoms with E-state index in [1.807, 2.05) is 37.3 Å². The Morgan fingerprint density at radius 1 is 0.793 bits per heavy atom. The average molecular weight is 391 g/mol. The van der Waals surface area contributed by atoms with Crippen LogP contribution < -0.4 is 19.5 Å². The predicted molar refractivity (Wildman–Crippen MR) is 114 cm³/mol. The van der Waals surface area contributed by atoms with E-state index in [9.17, 15) is 4.79 Å². The Labute approximate surface area is 171 Å². The summed E-state index contributed by atoms with van der Waals surface area (Å²) in [4.78, 5) is 12.8. The minimum atomic E-state index is -0.219. The molecule has 29 heavy (non-hydrogen) atoms. The smallest absolute Gasteiger partial charge is 0.252 e. The van der Waals surface area contributed by atoms with Crippen molar-refractivity contribution in [2.24, 2.45) is 0 Å². The fourth-order valence-corrected chi connectivity index (χ4v) is 3.17. The summed E-state index contributed by atoms with van der Waals surface area (Å²) < 4.78 is 16.0. The molecule has 3 rings (SSSR count). The van der Waals surface area contributed by atoms with Gasteiger partial charge in [-0.2, -0.15) is 0 Å². The molecule has 3 aromatic carbocycles. The van der Waals surface area contributed by atoms with E-state index in [0.29, 0.717) is 22.8 Å². The second-order valence-electron chi connectivity index (χ2n) is 6.60. The molecule has 0 radical (unpaired) electrons. The van der Waals surface area contributed by atoms with Gasteiger partial charge in [0.2, 0.25) is 5.75 Å². The zero-order valence-electron chi connectivity index (χ0n) is 17.1. The van der Waals surface area contributed by atoms with Crippen molar-refractivity contribution >= 4 is 5.91 Å². The van der Waals surface area contributed by atoms with Crippen LogP contribution in [0.3, 0.4) is 0 Å². The van der Waals surface area contributed by atoms with Crippen molar-refractivity contribution in [3.05, 3.63) is 77.9 Å². The summed E-state index contributed by atoms with van der Waals surface area (Å²) in [6.07, 6.45) is 0. The average Bonchev–Trinajstić information content (AvgIpc) is 2.78. The van der Waals surface area contributed by atoms with Gasteiger partial charge in [-0.15, -0.1) is 0 Å². The molecule has 0 saturated heterocycles. The van der Waals surface area contributed by atoms with Crippen LogP contribution in [-0.2, 0) is 0 Å². The number of nitrogens with one attached hydrogen (secondary N) is 1. The summed E-state index contributed by atoms with van der Waals surface area (Å²) >= 11 is 0. The first-order valence-corrected chi connectivity index (χ1v) is 9.33. The molecule has 5 heteroatoms. The highest BCUT2D eigenvalue weighted by Crippen LogP contribution is 2.38. The highest BCUT2D eigenvalue weighted by Gasteiger charge is 2.18. The second-order valence-corrected chi connectivity index (χ2v) is 6.60. The first-order chi connectivity index (χ1) is 14.1. The molecule has 1 amide bonds. The number of amides is 1. The number of hydrogen-bond donors (Lipinski definition) is 1. The van der Waals surface area contributed by atoms with Gasteiger partial charge in [0.1, 0.15) is 0 Å². The van der Waals surface area contributed by atoms with Crippen molar-refractivity contribution in [1.82, 2.24) is 5.32 Å². The van der Waals surface area contributed by atoms with Crippen molar-refractivity contribution < 1.29 is 19.0 Å². The molecule has 150 valence electrons. The first kappa shape index (κ1) is 20.3. The summed E-state index contributed by atoms with van der Waals surface area (Å²) in [6, 6.07) is 21.5. The molecule has 1 unspecified atom stereocenters. The molecule has 0 aromatic heterocycles. The van der Waals surface area contributed by atoms with Crippen LogP contribution in [0.2, 0.25) is 0 Å². The van der Waals surface area contributed by atoms with E-state index in [-0.39, 0.29) is 11.9 Å². The zero-order chi connectivity index (χ0) is 20.8. The van der Waals surface area contributed by atoms with Gasteiger partial charge in [0.25, 0.3) is 5.91 Å². The molecule has 0 fully saturated rings. The first-order valence-electron chi connectivity index (χ1n) is 9.33. The van der Waals surface area contributed by atoms with Gasteiger partial charge in [-0.3, -0.25) is 4.79 Å². The molecule has 1 atom stereocenters. The van der Waals surface area contributed by atoms with Crippen LogP contribution in [0.15, 0.2) is 66.7 Å². The molecule has 3 aromatic rings. The van der Waals surface area contributed by atoms with E-state index in [2.05, 4.69) is 29.6 Å². The van der Waals surface area contributed by atoms with Crippen molar-refractivity contribution in [2.75, 3.05) is 21.3 Å². The summed E-state index contributed by atoms with van der Waals surface area (Å²) in [7, 11) is 4.58. The Balaban J connectivity index is 1.77. The lowest BCUT2D eigenvalue weighted by Gasteiger charge is -2.17. The lowest BCUT2D eigenvalue weighted by molar-refractivity contribution is 0.0939. The molecule has 0 aliphatic carbocycles. The Bertz CT molecular complexity index is 943. The van der Waals surface area contributed by atoms with Crippen LogP contribution in [0, 0.1) is 0 Å². The molecule has 0 aliphatic rings. The maximum Gasteiger partial charge on any atom is 0.252 e. The van der Waals surface area contributed by atoms with Crippen LogP contribution in [0.4, 0.5) is 0 Å². The van der Waals surface area contributed by atoms with Gasteiger partial charge in [-0.25, -0.2) is 0 Å². The van der Waals surface area contributed by atoms with Gasteiger partial charge in [0, 0.05) is 5.56 Å². The molecule has 5 nitrogen and oxygen atoms in total. The Hall–Kier alpha value is -3.47. The number of hydrogen-bond acceptors (Lipinski definition) is 4. The maximum atomic E-state index is 12.8. The van der Waals surface area contributed by atoms with Crippen molar-refractivity contribution in [3.8, 4) is 28.4 Å². The van der Waals surface area contributed by atoms with Gasteiger partial charge in [0.05, 0.1) is 27.4 Å². The summed E-state index contributed by atoms with van der Waals surface area (Å²) in [5, 5.41) is 3.02. The highest BCUT2D eigenvalue weighted by molar-refractivity contribution is 5.95. The van der Waals surface area contributed by atoms with Crippen LogP contribution in [-0.4, -0.2) is 27.2 Å². The zero-order valence-corrected chi connectivity index (χ0v) is 17.1. The number of methoxy groups -OCH3 is 3. The van der Waals surface area contributed by atoms with Crippen molar-refractivity contribution in [2.45, 2.75) is 13.0 Å². The third-order valence-corrected chi connectivity index (χ3v) is 4.79. The predicted octanol–water partition coefficient (Wildman–Crippen LogP) is 4.87. The fraction of sp³-hybridized carbons (Fsp3) is 0.208. The minimum Gasteiger partial charge on any atom is -0.493 e. The number of ether oxygens (including phenoxy) is 3. The van der Waals surface area contributed by atoms with Crippen molar-refractivity contribution in [1.29, 1.82) is 0 Å². The second kappa shape index (κ2) is 9.15. The largest absolute Gasteiger partial charge is 0.493 e. The lowest BCUT2D eigenvalue weighted by Crippen LogP contribution is -2.26. The molecular weight excluding hydrogens is 366 g/mol. The third-order valence-electron chi connectivity index (χ3n) is 4.79. The standard InChI is InChI=1S/C24H25NO4/c1-16(17-10-12-19(13-11-17)18-8-6-5-7-9-18)25-24(26)20-14-21(27-2)23(29-4)22(15-20)28-3/h5-16H,1-4H3,(H,25,26). The van der Waals surface area contributed by atoms with E-state index < -0.39 is 0 Å². The van der Waals surface area contributed by atoms with E-state index in [0.717, 1.165) is 16.7 Å². The normalized spacial score (nSPS) is 11.4. The van der Waals surface area contributed by atoms with E-state index in [4.69, 9.17) is 14.2 Å². The van der Waals surface area contributed by atoms with E-state index >= 15 is 0 Å². The van der Waals surface area contributed by atoms with Crippen LogP contribution in [0.5, 0.6) is 17.2 Å². The summed E-state index contributed by atoms with van der Waals surface area (Å²) in [5.41, 5.74) is 3.75. The number of benzene rings is 3. The van der Waals surface area contributed by atoms with Crippen LogP contribution in [0.25, 0.3) is 11.1 Å². The molecule has 0 aliphatic heterocycles. The van der Waals surface area contributed by atoms with E-state index in [1.54, 1.807) is 12.1 Å². The van der Waals surface area contributed by atoms with Crippen LogP contribution >= 0.6 is 0 Å².